The smallest absolute Gasteiger partial charge is 0.231 e. The fourth-order valence-electron chi connectivity index (χ4n) is 3.47. The van der Waals surface area contributed by atoms with Gasteiger partial charge in [-0.05, 0) is 31.4 Å². The van der Waals surface area contributed by atoms with Gasteiger partial charge in [-0.15, -0.1) is 0 Å². The maximum Gasteiger partial charge on any atom is 0.231 e. The van der Waals surface area contributed by atoms with Crippen LogP contribution in [-0.4, -0.2) is 39.4 Å². The predicted octanol–water partition coefficient (Wildman–Crippen LogP) is 3.03. The highest BCUT2D eigenvalue weighted by Crippen LogP contribution is 2.23. The van der Waals surface area contributed by atoms with Gasteiger partial charge in [-0.25, -0.2) is 4.98 Å². The van der Waals surface area contributed by atoms with Crippen LogP contribution in [0.2, 0.25) is 0 Å². The van der Waals surface area contributed by atoms with Crippen LogP contribution in [0.15, 0.2) is 24.3 Å². The first kappa shape index (κ1) is 17.5. The molecule has 0 bridgehead atoms. The molecule has 0 unspecified atom stereocenters. The molecule has 2 amide bonds. The molecule has 0 aliphatic carbocycles. The molecule has 6 heteroatoms. The Morgan fingerprint density at radius 1 is 1.28 bits per heavy atom. The number of aromatic nitrogens is 2. The van der Waals surface area contributed by atoms with Crippen LogP contribution >= 0.6 is 0 Å². The van der Waals surface area contributed by atoms with Crippen molar-refractivity contribution in [3.05, 3.63) is 24.3 Å². The lowest BCUT2D eigenvalue weighted by atomic mass is 9.97. The topological polar surface area (TPSA) is 67.2 Å². The van der Waals surface area contributed by atoms with E-state index >= 15 is 0 Å². The predicted molar refractivity (Wildman–Crippen MR) is 98.2 cm³/mol. The van der Waals surface area contributed by atoms with Gasteiger partial charge in [0.15, 0.2) is 0 Å². The minimum atomic E-state index is -0.167. The van der Waals surface area contributed by atoms with E-state index in [-0.39, 0.29) is 17.7 Å². The first-order chi connectivity index (χ1) is 12.1. The number of aryl methyl sites for hydroxylation is 1. The molecular formula is C19H26N4O2. The van der Waals surface area contributed by atoms with Crippen LogP contribution < -0.4 is 5.32 Å². The minimum Gasteiger partial charge on any atom is -0.342 e. The molecule has 134 valence electrons. The quantitative estimate of drug-likeness (QED) is 0.908. The molecular weight excluding hydrogens is 316 g/mol. The number of amides is 2. The second-order valence-electron chi connectivity index (χ2n) is 6.60. The average molecular weight is 342 g/mol. The second-order valence-corrected chi connectivity index (χ2v) is 6.60. The standard InChI is InChI=1S/C19H26N4O2/c1-3-11-23-16-10-6-5-9-15(16)20-19(23)21-18(25)14-8-7-12-22(13-14)17(24)4-2/h5-6,9-10,14H,3-4,7-8,11-13H2,1-2H3,(H,20,21,25)/t14-/m0/s1. The largest absolute Gasteiger partial charge is 0.342 e. The molecule has 1 aliphatic rings. The number of hydrogen-bond acceptors (Lipinski definition) is 3. The van der Waals surface area contributed by atoms with Gasteiger partial charge < -0.3 is 9.47 Å². The van der Waals surface area contributed by atoms with E-state index in [0.717, 1.165) is 43.4 Å². The number of nitrogens with zero attached hydrogens (tertiary/aromatic N) is 3. The second kappa shape index (κ2) is 7.68. The summed E-state index contributed by atoms with van der Waals surface area (Å²) in [6.07, 6.45) is 3.13. The Balaban J connectivity index is 1.77. The number of likely N-dealkylation sites (tertiary alicyclic amines) is 1. The third-order valence-electron chi connectivity index (χ3n) is 4.78. The van der Waals surface area contributed by atoms with Crippen LogP contribution in [-0.2, 0) is 16.1 Å². The summed E-state index contributed by atoms with van der Waals surface area (Å²) in [6.45, 7) is 6.04. The molecule has 1 atom stereocenters. The van der Waals surface area contributed by atoms with Crippen LogP contribution in [0.4, 0.5) is 5.95 Å². The molecule has 1 N–H and O–H groups in total. The van der Waals surface area contributed by atoms with E-state index in [0.29, 0.717) is 18.9 Å². The number of hydrogen-bond donors (Lipinski definition) is 1. The van der Waals surface area contributed by atoms with Crippen LogP contribution in [0.5, 0.6) is 0 Å². The number of carbonyl (C=O) groups is 2. The first-order valence-corrected chi connectivity index (χ1v) is 9.18. The van der Waals surface area contributed by atoms with Crippen molar-refractivity contribution in [3.63, 3.8) is 0 Å². The fraction of sp³-hybridized carbons (Fsp3) is 0.526. The van der Waals surface area contributed by atoms with Gasteiger partial charge in [0.2, 0.25) is 17.8 Å². The maximum atomic E-state index is 12.8. The lowest BCUT2D eigenvalue weighted by Crippen LogP contribution is -2.43. The van der Waals surface area contributed by atoms with E-state index in [9.17, 15) is 9.59 Å². The van der Waals surface area contributed by atoms with Gasteiger partial charge in [0, 0.05) is 26.1 Å². The number of imidazole rings is 1. The zero-order valence-electron chi connectivity index (χ0n) is 15.0. The number of para-hydroxylation sites is 2. The van der Waals surface area contributed by atoms with E-state index in [4.69, 9.17) is 0 Å². The monoisotopic (exact) mass is 342 g/mol. The van der Waals surface area contributed by atoms with E-state index in [2.05, 4.69) is 21.8 Å². The van der Waals surface area contributed by atoms with E-state index < -0.39 is 0 Å². The normalized spacial score (nSPS) is 17.7. The number of carbonyl (C=O) groups excluding carboxylic acids is 2. The van der Waals surface area contributed by atoms with E-state index in [1.165, 1.54) is 0 Å². The Bertz CT molecular complexity index is 768. The highest BCUT2D eigenvalue weighted by atomic mass is 16.2. The van der Waals surface area contributed by atoms with Gasteiger partial charge in [0.1, 0.15) is 0 Å². The summed E-state index contributed by atoms with van der Waals surface area (Å²) >= 11 is 0. The van der Waals surface area contributed by atoms with Gasteiger partial charge in [0.25, 0.3) is 0 Å². The summed E-state index contributed by atoms with van der Waals surface area (Å²) < 4.78 is 2.06. The van der Waals surface area contributed by atoms with Crippen LogP contribution in [0.25, 0.3) is 11.0 Å². The van der Waals surface area contributed by atoms with Gasteiger partial charge >= 0.3 is 0 Å². The lowest BCUT2D eigenvalue weighted by molar-refractivity contribution is -0.134. The summed E-state index contributed by atoms with van der Waals surface area (Å²) in [5, 5.41) is 3.01. The molecule has 0 saturated carbocycles. The average Bonchev–Trinajstić information content (AvgIpc) is 2.99. The van der Waals surface area contributed by atoms with Gasteiger partial charge in [0.05, 0.1) is 17.0 Å². The Labute approximate surface area is 148 Å². The van der Waals surface area contributed by atoms with Crippen molar-refractivity contribution in [1.82, 2.24) is 14.5 Å². The van der Waals surface area contributed by atoms with Crippen LogP contribution in [0, 0.1) is 5.92 Å². The van der Waals surface area contributed by atoms with Crippen molar-refractivity contribution in [2.24, 2.45) is 5.92 Å². The molecule has 25 heavy (non-hydrogen) atoms. The summed E-state index contributed by atoms with van der Waals surface area (Å²) in [6, 6.07) is 7.92. The number of fused-ring (bicyclic) bond motifs is 1. The summed E-state index contributed by atoms with van der Waals surface area (Å²) in [5.41, 5.74) is 1.92. The zero-order valence-corrected chi connectivity index (χ0v) is 15.0. The molecule has 1 aromatic heterocycles. The third kappa shape index (κ3) is 3.67. The Kier molecular flexibility index (Phi) is 5.36. The van der Waals surface area contributed by atoms with Crippen molar-refractivity contribution in [1.29, 1.82) is 0 Å². The minimum absolute atomic E-state index is 0.0405. The van der Waals surface area contributed by atoms with Crippen molar-refractivity contribution in [2.45, 2.75) is 46.1 Å². The van der Waals surface area contributed by atoms with Crippen molar-refractivity contribution >= 4 is 28.8 Å². The van der Waals surface area contributed by atoms with Gasteiger partial charge in [-0.2, -0.15) is 0 Å². The Morgan fingerprint density at radius 2 is 2.08 bits per heavy atom. The number of piperidine rings is 1. The van der Waals surface area contributed by atoms with Crippen LogP contribution in [0.3, 0.4) is 0 Å². The van der Waals surface area contributed by atoms with Crippen LogP contribution in [0.1, 0.15) is 39.5 Å². The molecule has 3 rings (SSSR count). The first-order valence-electron chi connectivity index (χ1n) is 9.18. The van der Waals surface area contributed by atoms with Gasteiger partial charge in [-0.1, -0.05) is 26.0 Å². The highest BCUT2D eigenvalue weighted by molar-refractivity contribution is 5.93. The lowest BCUT2D eigenvalue weighted by Gasteiger charge is -2.31. The van der Waals surface area contributed by atoms with Crippen molar-refractivity contribution < 1.29 is 9.59 Å². The number of nitrogens with one attached hydrogen (secondary N) is 1. The van der Waals surface area contributed by atoms with Gasteiger partial charge in [-0.3, -0.25) is 14.9 Å². The molecule has 0 radical (unpaired) electrons. The van der Waals surface area contributed by atoms with Crippen molar-refractivity contribution in [2.75, 3.05) is 18.4 Å². The fourth-order valence-corrected chi connectivity index (χ4v) is 3.47. The zero-order chi connectivity index (χ0) is 17.8. The molecule has 1 aliphatic heterocycles. The summed E-state index contributed by atoms with van der Waals surface area (Å²) in [5.74, 6) is 0.517. The molecule has 6 nitrogen and oxygen atoms in total. The number of benzene rings is 1. The summed E-state index contributed by atoms with van der Waals surface area (Å²) in [4.78, 5) is 31.1. The number of rotatable bonds is 5. The molecule has 1 saturated heterocycles. The molecule has 2 aromatic rings. The van der Waals surface area contributed by atoms with E-state index in [1.54, 1.807) is 0 Å². The third-order valence-corrected chi connectivity index (χ3v) is 4.78. The van der Waals surface area contributed by atoms with E-state index in [1.807, 2.05) is 36.1 Å². The molecule has 1 fully saturated rings. The molecule has 0 spiro atoms. The maximum absolute atomic E-state index is 12.8. The van der Waals surface area contributed by atoms with Crippen molar-refractivity contribution in [3.8, 4) is 0 Å². The summed E-state index contributed by atoms with van der Waals surface area (Å²) in [7, 11) is 0. The Morgan fingerprint density at radius 3 is 2.84 bits per heavy atom. The molecule has 1 aromatic carbocycles. The Hall–Kier alpha value is -2.37. The number of anilines is 1. The molecule has 2 heterocycles. The highest BCUT2D eigenvalue weighted by Gasteiger charge is 2.28. The SMILES string of the molecule is CCCn1c(NC(=O)[C@H]2CCCN(C(=O)CC)C2)nc2ccccc21.